The van der Waals surface area contributed by atoms with Gasteiger partial charge in [0.2, 0.25) is 11.8 Å². The van der Waals surface area contributed by atoms with E-state index in [9.17, 15) is 10.1 Å². The molecule has 0 saturated carbocycles. The summed E-state index contributed by atoms with van der Waals surface area (Å²) in [4.78, 5) is 21.0. The summed E-state index contributed by atoms with van der Waals surface area (Å²) in [6.07, 6.45) is 2.12. The average molecular weight is 285 g/mol. The largest absolute Gasteiger partial charge is 0.354 e. The van der Waals surface area contributed by atoms with Gasteiger partial charge in [-0.25, -0.2) is 4.98 Å². The number of fused-ring (bicyclic) bond motifs is 1. The van der Waals surface area contributed by atoms with E-state index in [1.165, 1.54) is 11.8 Å². The van der Waals surface area contributed by atoms with Crippen molar-refractivity contribution in [3.05, 3.63) is 46.1 Å². The maximum Gasteiger partial charge on any atom is 0.330 e. The van der Waals surface area contributed by atoms with Crippen LogP contribution in [0.2, 0.25) is 0 Å². The molecule has 1 aliphatic rings. The van der Waals surface area contributed by atoms with Gasteiger partial charge in [0.25, 0.3) is 0 Å². The van der Waals surface area contributed by atoms with Gasteiger partial charge in [-0.15, -0.1) is 0 Å². The molecule has 0 unspecified atom stereocenters. The first kappa shape index (κ1) is 13.3. The number of aromatic nitrogens is 2. The first-order valence-corrected chi connectivity index (χ1v) is 6.81. The van der Waals surface area contributed by atoms with Gasteiger partial charge in [-0.05, 0) is 25.0 Å². The molecule has 0 saturated heterocycles. The number of rotatable bonds is 4. The fraction of sp³-hybridized carbons (Fsp3) is 0.286. The Morgan fingerprint density at radius 3 is 3.00 bits per heavy atom. The summed E-state index contributed by atoms with van der Waals surface area (Å²) in [5.74, 6) is 0.749. The van der Waals surface area contributed by atoms with Gasteiger partial charge in [-0.2, -0.15) is 4.98 Å². The maximum atomic E-state index is 11.2. The summed E-state index contributed by atoms with van der Waals surface area (Å²) in [5, 5.41) is 14.2. The zero-order valence-electron chi connectivity index (χ0n) is 11.6. The van der Waals surface area contributed by atoms with Crippen LogP contribution in [0.1, 0.15) is 12.5 Å². The Kier molecular flexibility index (Phi) is 3.39. The molecule has 7 nitrogen and oxygen atoms in total. The number of anilines is 3. The molecule has 0 atom stereocenters. The quantitative estimate of drug-likeness (QED) is 0.686. The Balaban J connectivity index is 2.08. The number of para-hydroxylation sites is 1. The van der Waals surface area contributed by atoms with Crippen molar-refractivity contribution in [2.75, 3.05) is 23.3 Å². The Labute approximate surface area is 121 Å². The van der Waals surface area contributed by atoms with Gasteiger partial charge >= 0.3 is 5.69 Å². The number of hydrogen-bond donors (Lipinski definition) is 1. The van der Waals surface area contributed by atoms with E-state index >= 15 is 0 Å². The van der Waals surface area contributed by atoms with Crippen LogP contribution in [-0.4, -0.2) is 28.0 Å². The van der Waals surface area contributed by atoms with Crippen LogP contribution in [0.3, 0.4) is 0 Å². The van der Waals surface area contributed by atoms with E-state index in [1.807, 2.05) is 36.1 Å². The van der Waals surface area contributed by atoms with E-state index in [4.69, 9.17) is 0 Å². The molecular formula is C14H15N5O2. The lowest BCUT2D eigenvalue weighted by Gasteiger charge is -2.18. The molecule has 2 aromatic rings. The third kappa shape index (κ3) is 2.37. The Morgan fingerprint density at radius 2 is 2.24 bits per heavy atom. The second kappa shape index (κ2) is 5.35. The molecule has 0 spiro atoms. The van der Waals surface area contributed by atoms with Crippen LogP contribution in [-0.2, 0) is 6.42 Å². The van der Waals surface area contributed by atoms with Crippen molar-refractivity contribution >= 4 is 23.1 Å². The zero-order valence-corrected chi connectivity index (χ0v) is 11.6. The van der Waals surface area contributed by atoms with Crippen LogP contribution >= 0.6 is 0 Å². The van der Waals surface area contributed by atoms with Crippen LogP contribution < -0.4 is 10.2 Å². The summed E-state index contributed by atoms with van der Waals surface area (Å²) < 4.78 is 0. The Bertz CT molecular complexity index is 689. The highest BCUT2D eigenvalue weighted by Gasteiger charge is 2.28. The minimum Gasteiger partial charge on any atom is -0.354 e. The summed E-state index contributed by atoms with van der Waals surface area (Å²) in [6, 6.07) is 7.89. The molecule has 0 bridgehead atoms. The third-order valence-corrected chi connectivity index (χ3v) is 3.42. The number of nitro groups is 1. The van der Waals surface area contributed by atoms with Crippen LogP contribution in [0.4, 0.5) is 23.1 Å². The van der Waals surface area contributed by atoms with E-state index in [0.29, 0.717) is 24.9 Å². The SMILES string of the molecule is CCNc1ncc([N+](=O)[O-])c(N2CCc3ccccc32)n1. The molecule has 1 N–H and O–H groups in total. The highest BCUT2D eigenvalue weighted by Crippen LogP contribution is 2.37. The Hall–Kier alpha value is -2.70. The van der Waals surface area contributed by atoms with Gasteiger partial charge < -0.3 is 10.2 Å². The predicted molar refractivity (Wildman–Crippen MR) is 80.0 cm³/mol. The predicted octanol–water partition coefficient (Wildman–Crippen LogP) is 2.51. The van der Waals surface area contributed by atoms with E-state index < -0.39 is 4.92 Å². The van der Waals surface area contributed by atoms with Crippen molar-refractivity contribution in [2.45, 2.75) is 13.3 Å². The lowest BCUT2D eigenvalue weighted by Crippen LogP contribution is -2.18. The average Bonchev–Trinajstić information content (AvgIpc) is 2.91. The molecule has 21 heavy (non-hydrogen) atoms. The first-order valence-electron chi connectivity index (χ1n) is 6.81. The third-order valence-electron chi connectivity index (χ3n) is 3.42. The molecule has 1 aromatic heterocycles. The minimum absolute atomic E-state index is 0.0756. The first-order chi connectivity index (χ1) is 10.2. The van der Waals surface area contributed by atoms with Crippen LogP contribution in [0.5, 0.6) is 0 Å². The molecule has 7 heteroatoms. The van der Waals surface area contributed by atoms with Crippen molar-refractivity contribution in [3.63, 3.8) is 0 Å². The monoisotopic (exact) mass is 285 g/mol. The summed E-state index contributed by atoms with van der Waals surface area (Å²) in [5.41, 5.74) is 2.07. The smallest absolute Gasteiger partial charge is 0.330 e. The molecular weight excluding hydrogens is 270 g/mol. The lowest BCUT2D eigenvalue weighted by molar-refractivity contribution is -0.384. The molecule has 0 amide bonds. The number of nitrogens with one attached hydrogen (secondary N) is 1. The van der Waals surface area contributed by atoms with Crippen molar-refractivity contribution in [2.24, 2.45) is 0 Å². The standard InChI is InChI=1S/C14H15N5O2/c1-2-15-14-16-9-12(19(20)21)13(17-14)18-8-7-10-5-3-4-6-11(10)18/h3-6,9H,2,7-8H2,1H3,(H,15,16,17). The normalized spacial score (nSPS) is 13.1. The van der Waals surface area contributed by atoms with Gasteiger partial charge in [0.15, 0.2) is 0 Å². The number of nitrogens with zero attached hydrogens (tertiary/aromatic N) is 4. The van der Waals surface area contributed by atoms with E-state index in [-0.39, 0.29) is 5.69 Å². The van der Waals surface area contributed by atoms with Crippen molar-refractivity contribution < 1.29 is 4.92 Å². The van der Waals surface area contributed by atoms with Crippen molar-refractivity contribution in [3.8, 4) is 0 Å². The minimum atomic E-state index is -0.438. The summed E-state index contributed by atoms with van der Waals surface area (Å²) in [6.45, 7) is 3.27. The zero-order chi connectivity index (χ0) is 14.8. The lowest BCUT2D eigenvalue weighted by atomic mass is 10.2. The van der Waals surface area contributed by atoms with Crippen molar-refractivity contribution in [1.82, 2.24) is 9.97 Å². The number of benzene rings is 1. The molecule has 0 radical (unpaired) electrons. The topological polar surface area (TPSA) is 84.2 Å². The molecule has 0 aliphatic carbocycles. The number of hydrogen-bond acceptors (Lipinski definition) is 6. The summed E-state index contributed by atoms with van der Waals surface area (Å²) in [7, 11) is 0. The second-order valence-electron chi connectivity index (χ2n) is 4.72. The van der Waals surface area contributed by atoms with Crippen molar-refractivity contribution in [1.29, 1.82) is 0 Å². The molecule has 0 fully saturated rings. The van der Waals surface area contributed by atoms with E-state index in [0.717, 1.165) is 12.1 Å². The molecule has 3 rings (SSSR count). The van der Waals surface area contributed by atoms with Gasteiger partial charge in [0, 0.05) is 18.8 Å². The Morgan fingerprint density at radius 1 is 1.43 bits per heavy atom. The summed E-state index contributed by atoms with van der Waals surface area (Å²) >= 11 is 0. The van der Waals surface area contributed by atoms with Gasteiger partial charge in [-0.3, -0.25) is 10.1 Å². The van der Waals surface area contributed by atoms with Gasteiger partial charge in [0.1, 0.15) is 6.20 Å². The molecule has 108 valence electrons. The fourth-order valence-electron chi connectivity index (χ4n) is 2.50. The fourth-order valence-corrected chi connectivity index (χ4v) is 2.50. The molecule has 1 aromatic carbocycles. The van der Waals surface area contributed by atoms with E-state index in [1.54, 1.807) is 0 Å². The highest BCUT2D eigenvalue weighted by molar-refractivity contribution is 5.73. The van der Waals surface area contributed by atoms with Crippen LogP contribution in [0.25, 0.3) is 0 Å². The second-order valence-corrected chi connectivity index (χ2v) is 4.72. The van der Waals surface area contributed by atoms with Crippen LogP contribution in [0, 0.1) is 10.1 Å². The van der Waals surface area contributed by atoms with Crippen LogP contribution in [0.15, 0.2) is 30.5 Å². The molecule has 1 aliphatic heterocycles. The molecule has 2 heterocycles. The maximum absolute atomic E-state index is 11.2. The van der Waals surface area contributed by atoms with Gasteiger partial charge in [-0.1, -0.05) is 18.2 Å². The highest BCUT2D eigenvalue weighted by atomic mass is 16.6. The van der Waals surface area contributed by atoms with Gasteiger partial charge in [0.05, 0.1) is 4.92 Å². The van der Waals surface area contributed by atoms with E-state index in [2.05, 4.69) is 15.3 Å².